The van der Waals surface area contributed by atoms with Gasteiger partial charge in [-0.15, -0.1) is 0 Å². The van der Waals surface area contributed by atoms with Crippen molar-refractivity contribution in [1.82, 2.24) is 0 Å². The highest BCUT2D eigenvalue weighted by Gasteiger charge is 2.04. The van der Waals surface area contributed by atoms with E-state index in [2.05, 4.69) is 0 Å². The Bertz CT molecular complexity index is 352. The van der Waals surface area contributed by atoms with Crippen LogP contribution in [-0.2, 0) is 4.79 Å². The Hall–Kier alpha value is -0.670. The molecule has 0 saturated heterocycles. The van der Waals surface area contributed by atoms with E-state index in [0.29, 0.717) is 10.8 Å². The van der Waals surface area contributed by atoms with E-state index in [4.69, 9.17) is 16.3 Å². The van der Waals surface area contributed by atoms with Crippen molar-refractivity contribution in [3.8, 4) is 5.75 Å². The standard InChI is InChI=1S/C11H13ClO2S/c1-3-15-11(13)7-14-10-5-4-9(12)6-8(10)2/h4-6H,3,7H2,1-2H3. The lowest BCUT2D eigenvalue weighted by molar-refractivity contribution is -0.112. The van der Waals surface area contributed by atoms with Crippen LogP contribution < -0.4 is 4.74 Å². The molecule has 0 amide bonds. The molecule has 0 spiro atoms. The van der Waals surface area contributed by atoms with Gasteiger partial charge in [-0.3, -0.25) is 4.79 Å². The van der Waals surface area contributed by atoms with Crippen molar-refractivity contribution in [3.63, 3.8) is 0 Å². The second-order valence-corrected chi connectivity index (χ2v) is 4.76. The van der Waals surface area contributed by atoms with Crippen molar-refractivity contribution < 1.29 is 9.53 Å². The molecule has 0 bridgehead atoms. The Morgan fingerprint density at radius 2 is 2.27 bits per heavy atom. The predicted molar refractivity (Wildman–Crippen MR) is 64.8 cm³/mol. The smallest absolute Gasteiger partial charge is 0.226 e. The zero-order valence-electron chi connectivity index (χ0n) is 8.75. The summed E-state index contributed by atoms with van der Waals surface area (Å²) in [6.07, 6.45) is 0. The van der Waals surface area contributed by atoms with Gasteiger partial charge in [0.1, 0.15) is 5.75 Å². The largest absolute Gasteiger partial charge is 0.485 e. The van der Waals surface area contributed by atoms with Crippen molar-refractivity contribution in [3.05, 3.63) is 28.8 Å². The van der Waals surface area contributed by atoms with Gasteiger partial charge in [-0.2, -0.15) is 0 Å². The summed E-state index contributed by atoms with van der Waals surface area (Å²) in [6, 6.07) is 5.34. The van der Waals surface area contributed by atoms with Crippen molar-refractivity contribution in [2.24, 2.45) is 0 Å². The zero-order valence-corrected chi connectivity index (χ0v) is 10.3. The first-order valence-electron chi connectivity index (χ1n) is 4.68. The van der Waals surface area contributed by atoms with Crippen molar-refractivity contribution >= 4 is 28.5 Å². The van der Waals surface area contributed by atoms with E-state index in [0.717, 1.165) is 11.3 Å². The number of thioether (sulfide) groups is 1. The Balaban J connectivity index is 2.54. The van der Waals surface area contributed by atoms with Crippen LogP contribution in [0.25, 0.3) is 0 Å². The Kier molecular flexibility index (Phi) is 4.99. The molecule has 2 nitrogen and oxygen atoms in total. The zero-order chi connectivity index (χ0) is 11.3. The topological polar surface area (TPSA) is 26.3 Å². The number of ether oxygens (including phenoxy) is 1. The summed E-state index contributed by atoms with van der Waals surface area (Å²) in [6.45, 7) is 3.95. The minimum atomic E-state index is 0.0480. The molecule has 0 aromatic heterocycles. The average molecular weight is 245 g/mol. The Labute approximate surface area is 99.0 Å². The summed E-state index contributed by atoms with van der Waals surface area (Å²) in [7, 11) is 0. The van der Waals surface area contributed by atoms with Gasteiger partial charge in [0.15, 0.2) is 6.61 Å². The van der Waals surface area contributed by atoms with Gasteiger partial charge in [-0.1, -0.05) is 30.3 Å². The molecule has 4 heteroatoms. The van der Waals surface area contributed by atoms with E-state index >= 15 is 0 Å². The van der Waals surface area contributed by atoms with E-state index in [-0.39, 0.29) is 11.7 Å². The van der Waals surface area contributed by atoms with Crippen LogP contribution in [0.5, 0.6) is 5.75 Å². The van der Waals surface area contributed by atoms with Gasteiger partial charge in [-0.25, -0.2) is 0 Å². The highest BCUT2D eigenvalue weighted by Crippen LogP contribution is 2.21. The second kappa shape index (κ2) is 6.03. The molecule has 0 saturated carbocycles. The molecule has 0 heterocycles. The Morgan fingerprint density at radius 3 is 2.87 bits per heavy atom. The monoisotopic (exact) mass is 244 g/mol. The SMILES string of the molecule is CCSC(=O)COc1ccc(Cl)cc1C. The first-order valence-corrected chi connectivity index (χ1v) is 6.04. The van der Waals surface area contributed by atoms with Gasteiger partial charge in [0.2, 0.25) is 5.12 Å². The van der Waals surface area contributed by atoms with Gasteiger partial charge in [0.25, 0.3) is 0 Å². The van der Waals surface area contributed by atoms with Crippen LogP contribution in [0.4, 0.5) is 0 Å². The number of carbonyl (C=O) groups excluding carboxylic acids is 1. The predicted octanol–water partition coefficient (Wildman–Crippen LogP) is 3.31. The molecule has 0 fully saturated rings. The lowest BCUT2D eigenvalue weighted by Crippen LogP contribution is -2.08. The average Bonchev–Trinajstić information content (AvgIpc) is 2.17. The van der Waals surface area contributed by atoms with Gasteiger partial charge >= 0.3 is 0 Å². The molecule has 1 aromatic carbocycles. The van der Waals surface area contributed by atoms with E-state index < -0.39 is 0 Å². The fourth-order valence-electron chi connectivity index (χ4n) is 1.11. The lowest BCUT2D eigenvalue weighted by atomic mass is 10.2. The molecule has 1 aromatic rings. The third-order valence-electron chi connectivity index (χ3n) is 1.79. The minimum Gasteiger partial charge on any atom is -0.485 e. The molecule has 0 N–H and O–H groups in total. The molecule has 0 atom stereocenters. The van der Waals surface area contributed by atoms with Crippen molar-refractivity contribution in [2.45, 2.75) is 13.8 Å². The highest BCUT2D eigenvalue weighted by molar-refractivity contribution is 8.13. The van der Waals surface area contributed by atoms with E-state index in [1.807, 2.05) is 19.9 Å². The molecule has 0 aliphatic carbocycles. The van der Waals surface area contributed by atoms with Crippen LogP contribution in [0.1, 0.15) is 12.5 Å². The summed E-state index contributed by atoms with van der Waals surface area (Å²) in [4.78, 5) is 11.2. The van der Waals surface area contributed by atoms with Crippen molar-refractivity contribution in [2.75, 3.05) is 12.4 Å². The van der Waals surface area contributed by atoms with Gasteiger partial charge in [0.05, 0.1) is 0 Å². The van der Waals surface area contributed by atoms with E-state index in [9.17, 15) is 4.79 Å². The number of carbonyl (C=O) groups is 1. The molecular weight excluding hydrogens is 232 g/mol. The molecule has 0 radical (unpaired) electrons. The Morgan fingerprint density at radius 1 is 1.53 bits per heavy atom. The number of hydrogen-bond acceptors (Lipinski definition) is 3. The third-order valence-corrected chi connectivity index (χ3v) is 2.75. The first-order chi connectivity index (χ1) is 7.13. The van der Waals surface area contributed by atoms with Crippen LogP contribution in [0, 0.1) is 6.92 Å². The third kappa shape index (κ3) is 4.14. The fraction of sp³-hybridized carbons (Fsp3) is 0.364. The number of rotatable bonds is 4. The molecule has 0 aliphatic rings. The van der Waals surface area contributed by atoms with Crippen LogP contribution in [0.15, 0.2) is 18.2 Å². The van der Waals surface area contributed by atoms with Gasteiger partial charge < -0.3 is 4.74 Å². The maximum absolute atomic E-state index is 11.2. The van der Waals surface area contributed by atoms with Crippen molar-refractivity contribution in [1.29, 1.82) is 0 Å². The first kappa shape index (κ1) is 12.4. The van der Waals surface area contributed by atoms with Crippen LogP contribution in [-0.4, -0.2) is 17.5 Å². The molecule has 0 aliphatic heterocycles. The second-order valence-electron chi connectivity index (χ2n) is 3.00. The van der Waals surface area contributed by atoms with Gasteiger partial charge in [-0.05, 0) is 36.4 Å². The quantitative estimate of drug-likeness (QED) is 0.813. The molecule has 82 valence electrons. The fourth-order valence-corrected chi connectivity index (χ4v) is 1.80. The highest BCUT2D eigenvalue weighted by atomic mass is 35.5. The maximum atomic E-state index is 11.2. The number of benzene rings is 1. The summed E-state index contributed by atoms with van der Waals surface area (Å²) in [5, 5.41) is 0.723. The van der Waals surface area contributed by atoms with Gasteiger partial charge in [0, 0.05) is 5.02 Å². The maximum Gasteiger partial charge on any atom is 0.226 e. The molecule has 15 heavy (non-hydrogen) atoms. The molecular formula is C11H13ClO2S. The number of halogens is 1. The molecule has 1 rings (SSSR count). The lowest BCUT2D eigenvalue weighted by Gasteiger charge is -2.07. The van der Waals surface area contributed by atoms with E-state index in [1.165, 1.54) is 11.8 Å². The number of hydrogen-bond donors (Lipinski definition) is 0. The minimum absolute atomic E-state index is 0.0480. The summed E-state index contributed by atoms with van der Waals surface area (Å²) in [5.74, 6) is 1.49. The van der Waals surface area contributed by atoms with Crippen LogP contribution in [0.2, 0.25) is 5.02 Å². The normalized spacial score (nSPS) is 10.1. The van der Waals surface area contributed by atoms with Crippen LogP contribution >= 0.6 is 23.4 Å². The van der Waals surface area contributed by atoms with Crippen LogP contribution in [0.3, 0.4) is 0 Å². The summed E-state index contributed by atoms with van der Waals surface area (Å²) in [5.41, 5.74) is 0.941. The van der Waals surface area contributed by atoms with E-state index in [1.54, 1.807) is 12.1 Å². The summed E-state index contributed by atoms with van der Waals surface area (Å²) < 4.78 is 5.38. The summed E-state index contributed by atoms with van der Waals surface area (Å²) >= 11 is 7.07. The number of aryl methyl sites for hydroxylation is 1. The molecule has 0 unspecified atom stereocenters.